The van der Waals surface area contributed by atoms with E-state index in [2.05, 4.69) is 4.98 Å². The van der Waals surface area contributed by atoms with Crippen molar-refractivity contribution in [3.63, 3.8) is 0 Å². The molecule has 1 aromatic heterocycles. The van der Waals surface area contributed by atoms with Gasteiger partial charge >= 0.3 is 0 Å². The van der Waals surface area contributed by atoms with Gasteiger partial charge in [0.1, 0.15) is 5.02 Å². The number of pyridine rings is 1. The summed E-state index contributed by atoms with van der Waals surface area (Å²) in [5.41, 5.74) is 6.95. The first-order valence-corrected chi connectivity index (χ1v) is 6.17. The number of benzene rings is 1. The Morgan fingerprint density at radius 1 is 1.11 bits per heavy atom. The number of nitrogens with two attached hydrogens (primary N) is 1. The molecule has 0 saturated heterocycles. The molecule has 3 nitrogen and oxygen atoms in total. The number of nitrogens with zero attached hydrogens (tertiary/aromatic N) is 1. The van der Waals surface area contributed by atoms with Crippen molar-refractivity contribution in [3.8, 4) is 11.5 Å². The van der Waals surface area contributed by atoms with Crippen LogP contribution in [0.2, 0.25) is 15.2 Å². The van der Waals surface area contributed by atoms with Crippen molar-refractivity contribution < 1.29 is 4.74 Å². The molecule has 0 bridgehead atoms. The summed E-state index contributed by atoms with van der Waals surface area (Å²) < 4.78 is 5.57. The molecule has 0 aliphatic heterocycles. The maximum atomic E-state index is 6.03. The standard InChI is InChI=1S/C12H9Cl3N2O/c1-6-2-5-9(12(15)17-6)18-11-8(16)4-3-7(13)10(11)14/h2-5H,16H2,1H3. The van der Waals surface area contributed by atoms with Crippen LogP contribution in [0.3, 0.4) is 0 Å². The molecular weight excluding hydrogens is 295 g/mol. The van der Waals surface area contributed by atoms with E-state index in [1.807, 2.05) is 6.92 Å². The van der Waals surface area contributed by atoms with E-state index in [9.17, 15) is 0 Å². The second-order valence-electron chi connectivity index (χ2n) is 3.62. The van der Waals surface area contributed by atoms with Crippen molar-refractivity contribution in [3.05, 3.63) is 45.2 Å². The average molecular weight is 304 g/mol. The minimum atomic E-state index is 0.241. The molecule has 2 aromatic rings. The topological polar surface area (TPSA) is 48.1 Å². The molecule has 0 radical (unpaired) electrons. The average Bonchev–Trinajstić information content (AvgIpc) is 2.32. The second kappa shape index (κ2) is 5.22. The lowest BCUT2D eigenvalue weighted by Crippen LogP contribution is -1.95. The predicted molar refractivity (Wildman–Crippen MR) is 74.9 cm³/mol. The minimum absolute atomic E-state index is 0.241. The first-order valence-electron chi connectivity index (χ1n) is 5.03. The molecule has 1 aromatic carbocycles. The first-order chi connectivity index (χ1) is 8.49. The number of halogens is 3. The van der Waals surface area contributed by atoms with E-state index >= 15 is 0 Å². The van der Waals surface area contributed by atoms with Gasteiger partial charge in [-0.1, -0.05) is 34.8 Å². The lowest BCUT2D eigenvalue weighted by molar-refractivity contribution is 0.483. The molecular formula is C12H9Cl3N2O. The molecule has 0 saturated carbocycles. The van der Waals surface area contributed by atoms with Crippen LogP contribution in [0.25, 0.3) is 0 Å². The highest BCUT2D eigenvalue weighted by molar-refractivity contribution is 6.43. The molecule has 2 rings (SSSR count). The summed E-state index contributed by atoms with van der Waals surface area (Å²) in [6.07, 6.45) is 0. The van der Waals surface area contributed by atoms with Crippen LogP contribution in [-0.2, 0) is 0 Å². The van der Waals surface area contributed by atoms with Crippen LogP contribution in [0.5, 0.6) is 11.5 Å². The minimum Gasteiger partial charge on any atom is -0.450 e. The summed E-state index contributed by atoms with van der Waals surface area (Å²) in [7, 11) is 0. The van der Waals surface area contributed by atoms with E-state index in [0.717, 1.165) is 5.69 Å². The predicted octanol–water partition coefficient (Wildman–Crippen LogP) is 4.72. The Bertz CT molecular complexity index is 602. The summed E-state index contributed by atoms with van der Waals surface area (Å²) in [5.74, 6) is 0.648. The molecule has 18 heavy (non-hydrogen) atoms. The van der Waals surface area contributed by atoms with Crippen LogP contribution < -0.4 is 10.5 Å². The van der Waals surface area contributed by atoms with Gasteiger partial charge in [0.15, 0.2) is 16.7 Å². The molecule has 0 unspecified atom stereocenters. The largest absolute Gasteiger partial charge is 0.450 e. The van der Waals surface area contributed by atoms with Gasteiger partial charge in [-0.3, -0.25) is 0 Å². The zero-order chi connectivity index (χ0) is 13.3. The van der Waals surface area contributed by atoms with E-state index in [1.165, 1.54) is 0 Å². The lowest BCUT2D eigenvalue weighted by atomic mass is 10.3. The molecule has 0 spiro atoms. The van der Waals surface area contributed by atoms with Crippen molar-refractivity contribution >= 4 is 40.5 Å². The van der Waals surface area contributed by atoms with Crippen LogP contribution in [0.15, 0.2) is 24.3 Å². The molecule has 0 aliphatic rings. The third kappa shape index (κ3) is 2.64. The number of rotatable bonds is 2. The van der Waals surface area contributed by atoms with Crippen LogP contribution in [0, 0.1) is 6.92 Å². The molecule has 0 atom stereocenters. The monoisotopic (exact) mass is 302 g/mol. The van der Waals surface area contributed by atoms with Crippen molar-refractivity contribution in [2.24, 2.45) is 0 Å². The Balaban J connectivity index is 2.43. The number of nitrogen functional groups attached to an aromatic ring is 1. The lowest BCUT2D eigenvalue weighted by Gasteiger charge is -2.12. The fourth-order valence-electron chi connectivity index (χ4n) is 1.35. The van der Waals surface area contributed by atoms with Crippen molar-refractivity contribution in [1.82, 2.24) is 4.98 Å². The van der Waals surface area contributed by atoms with Crippen LogP contribution in [-0.4, -0.2) is 4.98 Å². The fraction of sp³-hybridized carbons (Fsp3) is 0.0833. The van der Waals surface area contributed by atoms with E-state index in [0.29, 0.717) is 16.5 Å². The first kappa shape index (κ1) is 13.3. The van der Waals surface area contributed by atoms with Crippen LogP contribution in [0.1, 0.15) is 5.69 Å². The maximum Gasteiger partial charge on any atom is 0.171 e. The third-order valence-corrected chi connectivity index (χ3v) is 3.30. The van der Waals surface area contributed by atoms with Gasteiger partial charge in [0, 0.05) is 5.69 Å². The molecule has 0 amide bonds. The Morgan fingerprint density at radius 2 is 1.83 bits per heavy atom. The summed E-state index contributed by atoms with van der Waals surface area (Å²) in [6.45, 7) is 1.83. The molecule has 0 aliphatic carbocycles. The fourth-order valence-corrected chi connectivity index (χ4v) is 1.94. The Hall–Kier alpha value is -1.16. The van der Waals surface area contributed by atoms with E-state index < -0.39 is 0 Å². The van der Waals surface area contributed by atoms with Gasteiger partial charge in [-0.15, -0.1) is 0 Å². The van der Waals surface area contributed by atoms with E-state index in [-0.39, 0.29) is 15.9 Å². The molecule has 6 heteroatoms. The van der Waals surface area contributed by atoms with E-state index in [1.54, 1.807) is 24.3 Å². The van der Waals surface area contributed by atoms with Crippen molar-refractivity contribution in [2.75, 3.05) is 5.73 Å². The maximum absolute atomic E-state index is 6.03. The third-order valence-electron chi connectivity index (χ3n) is 2.25. The van der Waals surface area contributed by atoms with Crippen LogP contribution in [0.4, 0.5) is 5.69 Å². The van der Waals surface area contributed by atoms with Gasteiger partial charge in [0.05, 0.1) is 10.7 Å². The van der Waals surface area contributed by atoms with Gasteiger partial charge in [-0.2, -0.15) is 0 Å². The van der Waals surface area contributed by atoms with Crippen molar-refractivity contribution in [2.45, 2.75) is 6.92 Å². The molecule has 2 N–H and O–H groups in total. The zero-order valence-corrected chi connectivity index (χ0v) is 11.6. The summed E-state index contributed by atoms with van der Waals surface area (Å²) in [6, 6.07) is 6.68. The van der Waals surface area contributed by atoms with Gasteiger partial charge in [0.2, 0.25) is 0 Å². The van der Waals surface area contributed by atoms with Gasteiger partial charge in [0.25, 0.3) is 0 Å². The number of ether oxygens (including phenoxy) is 1. The highest BCUT2D eigenvalue weighted by Gasteiger charge is 2.13. The molecule has 1 heterocycles. The number of aromatic nitrogens is 1. The molecule has 94 valence electrons. The summed E-state index contributed by atoms with van der Waals surface area (Å²) in [5, 5.41) is 0.843. The smallest absolute Gasteiger partial charge is 0.171 e. The van der Waals surface area contributed by atoms with E-state index in [4.69, 9.17) is 45.3 Å². The highest BCUT2D eigenvalue weighted by Crippen LogP contribution is 2.40. The normalized spacial score (nSPS) is 10.4. The highest BCUT2D eigenvalue weighted by atomic mass is 35.5. The van der Waals surface area contributed by atoms with Gasteiger partial charge in [-0.25, -0.2) is 4.98 Å². The number of hydrogen-bond acceptors (Lipinski definition) is 3. The van der Waals surface area contributed by atoms with Crippen molar-refractivity contribution in [1.29, 1.82) is 0 Å². The Kier molecular flexibility index (Phi) is 3.85. The quantitative estimate of drug-likeness (QED) is 0.645. The Morgan fingerprint density at radius 3 is 2.50 bits per heavy atom. The SMILES string of the molecule is Cc1ccc(Oc2c(N)ccc(Cl)c2Cl)c(Cl)n1. The number of hydrogen-bond donors (Lipinski definition) is 1. The summed E-state index contributed by atoms with van der Waals surface area (Å²) >= 11 is 17.9. The van der Waals surface area contributed by atoms with Gasteiger partial charge in [-0.05, 0) is 31.2 Å². The summed E-state index contributed by atoms with van der Waals surface area (Å²) in [4.78, 5) is 4.08. The van der Waals surface area contributed by atoms with Gasteiger partial charge < -0.3 is 10.5 Å². The number of anilines is 1. The second-order valence-corrected chi connectivity index (χ2v) is 4.77. The zero-order valence-electron chi connectivity index (χ0n) is 9.38. The number of aryl methyl sites for hydroxylation is 1. The molecule has 0 fully saturated rings. The van der Waals surface area contributed by atoms with Crippen LogP contribution >= 0.6 is 34.8 Å². The Labute approximate surface area is 119 Å².